The molecule has 1 aromatic carbocycles. The topological polar surface area (TPSA) is 44.5 Å². The average molecular weight is 289 g/mol. The Morgan fingerprint density at radius 3 is 2.90 bits per heavy atom. The molecule has 3 nitrogen and oxygen atoms in total. The zero-order valence-corrected chi connectivity index (χ0v) is 13.2. The number of para-hydroxylation sites is 1. The summed E-state index contributed by atoms with van der Waals surface area (Å²) in [6, 6.07) is 6.52. The lowest BCUT2D eigenvalue weighted by atomic mass is 9.74. The maximum Gasteiger partial charge on any atom is 0.125 e. The first-order valence-electron chi connectivity index (χ1n) is 8.23. The highest BCUT2D eigenvalue weighted by atomic mass is 16.5. The van der Waals surface area contributed by atoms with E-state index in [1.807, 2.05) is 6.92 Å². The van der Waals surface area contributed by atoms with E-state index in [0.29, 0.717) is 0 Å². The number of rotatable bonds is 4. The van der Waals surface area contributed by atoms with Crippen LogP contribution >= 0.6 is 0 Å². The lowest BCUT2D eigenvalue weighted by molar-refractivity contribution is -0.153. The highest BCUT2D eigenvalue weighted by molar-refractivity contribution is 5.41. The molecule has 116 valence electrons. The number of nitrogens with two attached hydrogens (primary N) is 1. The van der Waals surface area contributed by atoms with Gasteiger partial charge in [0.05, 0.1) is 12.2 Å². The molecule has 1 heterocycles. The van der Waals surface area contributed by atoms with Crippen LogP contribution in [0.5, 0.6) is 5.75 Å². The Bertz CT molecular complexity index is 494. The van der Waals surface area contributed by atoms with Gasteiger partial charge in [-0.2, -0.15) is 0 Å². The van der Waals surface area contributed by atoms with E-state index in [4.69, 9.17) is 15.2 Å². The summed E-state index contributed by atoms with van der Waals surface area (Å²) in [5.41, 5.74) is 8.55. The lowest BCUT2D eigenvalue weighted by Gasteiger charge is -2.47. The van der Waals surface area contributed by atoms with E-state index in [0.717, 1.165) is 31.6 Å². The summed E-state index contributed by atoms with van der Waals surface area (Å²) in [7, 11) is 0. The van der Waals surface area contributed by atoms with Gasteiger partial charge in [-0.1, -0.05) is 18.2 Å². The second-order valence-electron chi connectivity index (χ2n) is 6.86. The fourth-order valence-electron chi connectivity index (χ4n) is 3.56. The first-order valence-corrected chi connectivity index (χ1v) is 8.23. The molecule has 1 aromatic rings. The molecular formula is C18H27NO2. The van der Waals surface area contributed by atoms with E-state index in [2.05, 4.69) is 25.1 Å². The van der Waals surface area contributed by atoms with Crippen LogP contribution in [0, 0.1) is 6.92 Å². The van der Waals surface area contributed by atoms with E-state index < -0.39 is 0 Å². The molecule has 1 aliphatic carbocycles. The number of benzene rings is 1. The molecule has 0 amide bonds. The quantitative estimate of drug-likeness (QED) is 0.924. The van der Waals surface area contributed by atoms with Crippen molar-refractivity contribution in [2.75, 3.05) is 6.61 Å². The number of aryl methyl sites for hydroxylation is 1. The molecule has 1 saturated carbocycles. The fourth-order valence-corrected chi connectivity index (χ4v) is 3.56. The largest absolute Gasteiger partial charge is 0.490 e. The maximum absolute atomic E-state index is 6.41. The molecule has 0 aromatic heterocycles. The van der Waals surface area contributed by atoms with Crippen LogP contribution in [0.2, 0.25) is 0 Å². The highest BCUT2D eigenvalue weighted by Gasteiger charge is 2.43. The van der Waals surface area contributed by atoms with Crippen LogP contribution in [-0.4, -0.2) is 24.4 Å². The Labute approximate surface area is 127 Å². The molecule has 21 heavy (non-hydrogen) atoms. The van der Waals surface area contributed by atoms with Crippen LogP contribution in [0.1, 0.15) is 50.2 Å². The fraction of sp³-hybridized carbons (Fsp3) is 0.667. The summed E-state index contributed by atoms with van der Waals surface area (Å²) in [4.78, 5) is 0. The van der Waals surface area contributed by atoms with E-state index in [9.17, 15) is 0 Å². The smallest absolute Gasteiger partial charge is 0.125 e. The van der Waals surface area contributed by atoms with E-state index >= 15 is 0 Å². The van der Waals surface area contributed by atoms with Gasteiger partial charge in [-0.15, -0.1) is 0 Å². The van der Waals surface area contributed by atoms with Gasteiger partial charge in [0, 0.05) is 18.9 Å². The highest BCUT2D eigenvalue weighted by Crippen LogP contribution is 2.43. The third kappa shape index (κ3) is 3.24. The maximum atomic E-state index is 6.41. The van der Waals surface area contributed by atoms with Gasteiger partial charge in [-0.3, -0.25) is 0 Å². The van der Waals surface area contributed by atoms with Crippen LogP contribution in [0.15, 0.2) is 18.2 Å². The molecule has 0 bridgehead atoms. The zero-order chi connectivity index (χ0) is 14.9. The molecule has 0 radical (unpaired) electrons. The lowest BCUT2D eigenvalue weighted by Crippen LogP contribution is -2.48. The van der Waals surface area contributed by atoms with Crippen molar-refractivity contribution in [3.63, 3.8) is 0 Å². The predicted molar refractivity (Wildman–Crippen MR) is 84.7 cm³/mol. The minimum absolute atomic E-state index is 0.132. The van der Waals surface area contributed by atoms with Crippen LogP contribution in [0.25, 0.3) is 0 Å². The van der Waals surface area contributed by atoms with Crippen molar-refractivity contribution in [1.29, 1.82) is 0 Å². The van der Waals surface area contributed by atoms with E-state index in [-0.39, 0.29) is 17.7 Å². The monoisotopic (exact) mass is 289 g/mol. The number of hydrogen-bond donors (Lipinski definition) is 1. The van der Waals surface area contributed by atoms with Gasteiger partial charge in [-0.25, -0.2) is 0 Å². The summed E-state index contributed by atoms with van der Waals surface area (Å²) in [6.07, 6.45) is 6.89. The molecule has 1 saturated heterocycles. The van der Waals surface area contributed by atoms with Crippen molar-refractivity contribution in [3.05, 3.63) is 29.3 Å². The van der Waals surface area contributed by atoms with Gasteiger partial charge in [0.15, 0.2) is 0 Å². The molecule has 2 aliphatic rings. The third-order valence-corrected chi connectivity index (χ3v) is 4.83. The average Bonchev–Trinajstić information content (AvgIpc) is 2.41. The van der Waals surface area contributed by atoms with Crippen molar-refractivity contribution >= 4 is 0 Å². The second-order valence-corrected chi connectivity index (χ2v) is 6.86. The summed E-state index contributed by atoms with van der Waals surface area (Å²) in [5, 5.41) is 0. The van der Waals surface area contributed by atoms with Crippen LogP contribution in [0.4, 0.5) is 0 Å². The number of ether oxygens (including phenoxy) is 2. The third-order valence-electron chi connectivity index (χ3n) is 4.83. The Hall–Kier alpha value is -1.06. The summed E-state index contributed by atoms with van der Waals surface area (Å²) in [5.74, 6) is 1.05. The van der Waals surface area contributed by atoms with Crippen molar-refractivity contribution in [3.8, 4) is 5.75 Å². The Kier molecular flexibility index (Phi) is 4.23. The van der Waals surface area contributed by atoms with Gasteiger partial charge >= 0.3 is 0 Å². The second kappa shape index (κ2) is 5.98. The zero-order valence-electron chi connectivity index (χ0n) is 13.2. The molecule has 1 spiro atoms. The SMILES string of the molecule is Cc1cccc(CC(C)N)c1OC1CCOC2(CCC2)C1. The van der Waals surface area contributed by atoms with Crippen molar-refractivity contribution < 1.29 is 9.47 Å². The molecule has 3 rings (SSSR count). The summed E-state index contributed by atoms with van der Waals surface area (Å²) in [6.45, 7) is 5.00. The molecule has 2 unspecified atom stereocenters. The minimum Gasteiger partial charge on any atom is -0.490 e. The first kappa shape index (κ1) is 14.9. The van der Waals surface area contributed by atoms with Gasteiger partial charge in [0.2, 0.25) is 0 Å². The van der Waals surface area contributed by atoms with Gasteiger partial charge in [0.25, 0.3) is 0 Å². The number of hydrogen-bond acceptors (Lipinski definition) is 3. The Morgan fingerprint density at radius 2 is 2.24 bits per heavy atom. The van der Waals surface area contributed by atoms with Crippen molar-refractivity contribution in [2.45, 2.75) is 70.1 Å². The van der Waals surface area contributed by atoms with Crippen molar-refractivity contribution in [2.24, 2.45) is 5.73 Å². The summed E-state index contributed by atoms with van der Waals surface area (Å²) < 4.78 is 12.4. The normalized spacial score (nSPS) is 25.4. The Balaban J connectivity index is 1.74. The molecule has 2 atom stereocenters. The summed E-state index contributed by atoms with van der Waals surface area (Å²) >= 11 is 0. The van der Waals surface area contributed by atoms with E-state index in [1.165, 1.54) is 30.4 Å². The standard InChI is InChI=1S/C18H27NO2/c1-13-5-3-6-15(11-14(2)19)17(13)21-16-7-10-20-18(12-16)8-4-9-18/h3,5-6,14,16H,4,7-12,19H2,1-2H3. The molecule has 1 aliphatic heterocycles. The molecule has 2 fully saturated rings. The van der Waals surface area contributed by atoms with Crippen LogP contribution in [0.3, 0.4) is 0 Å². The minimum atomic E-state index is 0.132. The van der Waals surface area contributed by atoms with Gasteiger partial charge in [-0.05, 0) is 50.7 Å². The first-order chi connectivity index (χ1) is 10.1. The van der Waals surface area contributed by atoms with Crippen LogP contribution in [-0.2, 0) is 11.2 Å². The Morgan fingerprint density at radius 1 is 1.43 bits per heavy atom. The van der Waals surface area contributed by atoms with Gasteiger partial charge < -0.3 is 15.2 Å². The van der Waals surface area contributed by atoms with E-state index in [1.54, 1.807) is 0 Å². The van der Waals surface area contributed by atoms with Crippen LogP contribution < -0.4 is 10.5 Å². The molecule has 3 heteroatoms. The molecular weight excluding hydrogens is 262 g/mol. The molecule has 2 N–H and O–H groups in total. The van der Waals surface area contributed by atoms with Crippen molar-refractivity contribution in [1.82, 2.24) is 0 Å². The predicted octanol–water partition coefficient (Wildman–Crippen LogP) is 3.37. The van der Waals surface area contributed by atoms with Gasteiger partial charge in [0.1, 0.15) is 11.9 Å².